The van der Waals surface area contributed by atoms with Gasteiger partial charge in [0, 0.05) is 0 Å². The van der Waals surface area contributed by atoms with Crippen LogP contribution in [0.2, 0.25) is 0 Å². The second kappa shape index (κ2) is 6.57. The Labute approximate surface area is 129 Å². The van der Waals surface area contributed by atoms with Crippen LogP contribution in [0.3, 0.4) is 0 Å². The summed E-state index contributed by atoms with van der Waals surface area (Å²) < 4.78 is 0. The Kier molecular flexibility index (Phi) is 5.70. The van der Waals surface area contributed by atoms with Gasteiger partial charge >= 0.3 is 23.1 Å². The van der Waals surface area contributed by atoms with E-state index in [1.54, 1.807) is 0 Å². The monoisotopic (exact) mass is 296 g/mol. The van der Waals surface area contributed by atoms with Crippen LogP contribution in [0.4, 0.5) is 0 Å². The number of benzene rings is 2. The fraction of sp³-hybridized carbons (Fsp3) is 0.133. The molecule has 0 bridgehead atoms. The molecule has 0 N–H and O–H groups in total. The molecule has 0 heterocycles. The molecule has 1 fully saturated rings. The van der Waals surface area contributed by atoms with Crippen LogP contribution in [-0.2, 0) is 0 Å². The van der Waals surface area contributed by atoms with Gasteiger partial charge in [0.15, 0.2) is 0 Å². The average Bonchev–Trinajstić information content (AvgIpc) is 3.11. The van der Waals surface area contributed by atoms with E-state index in [0.717, 1.165) is 0 Å². The maximum atomic E-state index is 2.41. The smallest absolute Gasteiger partial charge is 1.00 e. The molecule has 0 aromatic heterocycles. The van der Waals surface area contributed by atoms with Gasteiger partial charge in [0.2, 0.25) is 0 Å². The molecule has 2 aromatic carbocycles. The van der Waals surface area contributed by atoms with Crippen molar-refractivity contribution in [1.29, 1.82) is 0 Å². The molecule has 0 spiro atoms. The molecule has 0 saturated heterocycles. The molecule has 3 rings (SSSR count). The zero-order chi connectivity index (χ0) is 10.1. The molecule has 2 heteroatoms. The third kappa shape index (κ3) is 3.33. The van der Waals surface area contributed by atoms with Crippen molar-refractivity contribution < 1.29 is 17.0 Å². The molecule has 0 radical (unpaired) electrons. The van der Waals surface area contributed by atoms with Gasteiger partial charge in [-0.3, -0.25) is 0 Å². The quantitative estimate of drug-likeness (QED) is 0.556. The Morgan fingerprint density at radius 3 is 1.35 bits per heavy atom. The van der Waals surface area contributed by atoms with Gasteiger partial charge in [0.1, 0.15) is 0 Å². The normalized spacial score (nSPS) is 20.9. The van der Waals surface area contributed by atoms with Gasteiger partial charge in [-0.2, -0.15) is 11.8 Å². The molecule has 0 nitrogen and oxygen atoms in total. The second-order valence-electron chi connectivity index (χ2n) is 4.07. The summed E-state index contributed by atoms with van der Waals surface area (Å²) in [5, 5.41) is 0. The van der Waals surface area contributed by atoms with Crippen molar-refractivity contribution in [3.05, 3.63) is 78.2 Å². The molecular formula is C15H13BrMg. The van der Waals surface area contributed by atoms with Crippen molar-refractivity contribution in [3.63, 3.8) is 0 Å². The fourth-order valence-electron chi connectivity index (χ4n) is 2.15. The van der Waals surface area contributed by atoms with E-state index in [9.17, 15) is 0 Å². The van der Waals surface area contributed by atoms with Crippen molar-refractivity contribution in [2.24, 2.45) is 0 Å². The molecule has 1 aliphatic carbocycles. The number of rotatable bonds is 2. The Bertz CT molecular complexity index is 397. The van der Waals surface area contributed by atoms with E-state index >= 15 is 0 Å². The van der Waals surface area contributed by atoms with E-state index in [2.05, 4.69) is 67.1 Å². The molecule has 1 aliphatic rings. The van der Waals surface area contributed by atoms with Gasteiger partial charge in [-0.25, -0.2) is 0 Å². The molecule has 82 valence electrons. The Hall–Kier alpha value is -0.314. The molecule has 0 amide bonds. The van der Waals surface area contributed by atoms with Crippen molar-refractivity contribution in [3.8, 4) is 0 Å². The van der Waals surface area contributed by atoms with Crippen LogP contribution in [0.15, 0.2) is 60.7 Å². The summed E-state index contributed by atoms with van der Waals surface area (Å²) >= 11 is 0. The van der Waals surface area contributed by atoms with Crippen LogP contribution in [0, 0.1) is 6.42 Å². The predicted molar refractivity (Wildman–Crippen MR) is 68.4 cm³/mol. The minimum atomic E-state index is 0. The topological polar surface area (TPSA) is 0 Å². The van der Waals surface area contributed by atoms with Gasteiger partial charge < -0.3 is 23.4 Å². The van der Waals surface area contributed by atoms with E-state index in [0.29, 0.717) is 11.8 Å². The number of hydrogen-bond donors (Lipinski definition) is 0. The first kappa shape index (κ1) is 14.7. The van der Waals surface area contributed by atoms with Gasteiger partial charge in [0.05, 0.1) is 0 Å². The van der Waals surface area contributed by atoms with Gasteiger partial charge in [-0.05, 0) is 0 Å². The summed E-state index contributed by atoms with van der Waals surface area (Å²) in [5.74, 6) is 1.27. The van der Waals surface area contributed by atoms with Gasteiger partial charge in [-0.1, -0.05) is 71.8 Å². The van der Waals surface area contributed by atoms with Crippen molar-refractivity contribution in [2.75, 3.05) is 0 Å². The minimum Gasteiger partial charge on any atom is -1.00 e. The van der Waals surface area contributed by atoms with Crippen LogP contribution >= 0.6 is 0 Å². The standard InChI is InChI=1S/C15H13.BrH.Mg/c1-3-7-12(8-4-1)14-11-15(14)13-9-5-2-6-10-13;;/h1-11,14-15H;1H;/q-1;;+2/p-1/t14-,15-;;/m1../s1. The van der Waals surface area contributed by atoms with Crippen LogP contribution in [-0.4, -0.2) is 23.1 Å². The Morgan fingerprint density at radius 2 is 1.00 bits per heavy atom. The first-order chi connectivity index (χ1) is 7.45. The van der Waals surface area contributed by atoms with E-state index in [-0.39, 0.29) is 40.0 Å². The second-order valence-corrected chi connectivity index (χ2v) is 4.07. The largest absolute Gasteiger partial charge is 2.00 e. The van der Waals surface area contributed by atoms with E-state index in [4.69, 9.17) is 0 Å². The molecular weight excluding hydrogens is 284 g/mol. The molecule has 0 unspecified atom stereocenters. The Balaban J connectivity index is 0.000000722. The van der Waals surface area contributed by atoms with E-state index in [1.807, 2.05) is 0 Å². The summed E-state index contributed by atoms with van der Waals surface area (Å²) in [6.45, 7) is 0. The fourth-order valence-corrected chi connectivity index (χ4v) is 2.15. The number of hydrogen-bond acceptors (Lipinski definition) is 0. The van der Waals surface area contributed by atoms with Crippen molar-refractivity contribution >= 4 is 23.1 Å². The van der Waals surface area contributed by atoms with E-state index in [1.165, 1.54) is 11.1 Å². The molecule has 17 heavy (non-hydrogen) atoms. The van der Waals surface area contributed by atoms with Crippen molar-refractivity contribution in [1.82, 2.24) is 0 Å². The number of halogens is 1. The zero-order valence-electron chi connectivity index (χ0n) is 9.59. The van der Waals surface area contributed by atoms with Crippen LogP contribution in [0.5, 0.6) is 0 Å². The third-order valence-corrected chi connectivity index (χ3v) is 3.03. The van der Waals surface area contributed by atoms with Gasteiger partial charge in [-0.15, -0.1) is 0 Å². The minimum absolute atomic E-state index is 0. The summed E-state index contributed by atoms with van der Waals surface area (Å²) in [7, 11) is 0. The third-order valence-electron chi connectivity index (χ3n) is 3.03. The summed E-state index contributed by atoms with van der Waals surface area (Å²) in [4.78, 5) is 0. The zero-order valence-corrected chi connectivity index (χ0v) is 12.6. The predicted octanol–water partition coefficient (Wildman–Crippen LogP) is 0.395. The first-order valence-corrected chi connectivity index (χ1v) is 5.40. The molecule has 2 aromatic rings. The summed E-state index contributed by atoms with van der Waals surface area (Å²) in [5.41, 5.74) is 2.87. The average molecular weight is 297 g/mol. The van der Waals surface area contributed by atoms with Crippen molar-refractivity contribution in [2.45, 2.75) is 11.8 Å². The van der Waals surface area contributed by atoms with Crippen LogP contribution in [0.1, 0.15) is 23.0 Å². The molecule has 1 saturated carbocycles. The van der Waals surface area contributed by atoms with Gasteiger partial charge in [0.25, 0.3) is 0 Å². The Morgan fingerprint density at radius 1 is 0.647 bits per heavy atom. The first-order valence-electron chi connectivity index (χ1n) is 5.40. The summed E-state index contributed by atoms with van der Waals surface area (Å²) in [6, 6.07) is 21.5. The maximum Gasteiger partial charge on any atom is 2.00 e. The van der Waals surface area contributed by atoms with Crippen LogP contribution < -0.4 is 17.0 Å². The van der Waals surface area contributed by atoms with E-state index < -0.39 is 0 Å². The van der Waals surface area contributed by atoms with Crippen LogP contribution in [0.25, 0.3) is 0 Å². The molecule has 0 aliphatic heterocycles. The maximum absolute atomic E-state index is 2.41. The SMILES string of the molecule is [Br-].[Mg+2].c1ccc([C@H]2[CH-][C@@H]2c2ccccc2)cc1. The molecule has 2 atom stereocenters. The summed E-state index contributed by atoms with van der Waals surface area (Å²) in [6.07, 6.45) is 2.41.